The van der Waals surface area contributed by atoms with Crippen LogP contribution in [0, 0.1) is 0 Å². The number of fused-ring (bicyclic) bond motifs is 2. The van der Waals surface area contributed by atoms with Crippen LogP contribution in [0.3, 0.4) is 0 Å². The van der Waals surface area contributed by atoms with Gasteiger partial charge in [-0.1, -0.05) is 30.3 Å². The molecule has 0 bridgehead atoms. The second-order valence-electron chi connectivity index (χ2n) is 7.62. The number of nitrogens with zero attached hydrogens (tertiary/aromatic N) is 1. The third-order valence-electron chi connectivity index (χ3n) is 5.71. The highest BCUT2D eigenvalue weighted by Gasteiger charge is 2.36. The predicted molar refractivity (Wildman–Crippen MR) is 113 cm³/mol. The monoisotopic (exact) mass is 414 g/mol. The van der Waals surface area contributed by atoms with E-state index >= 15 is 0 Å². The number of rotatable bonds is 5. The van der Waals surface area contributed by atoms with Crippen molar-refractivity contribution in [1.29, 1.82) is 0 Å². The number of benzene rings is 2. The molecule has 0 radical (unpaired) electrons. The zero-order valence-corrected chi connectivity index (χ0v) is 17.5. The maximum absolute atomic E-state index is 12.9. The SMILES string of the molecule is CCS(=O)(=O)N1C[C@H](C(=O)N[C@H](C)c2ccc3c(c2)CCC3)Oc2ccccc21. The standard InChI is InChI=1S/C22H26N2O4S/c1-3-29(26,27)24-14-21(28-20-10-5-4-9-19(20)24)22(25)23-15(2)17-12-11-16-7-6-8-18(16)13-17/h4-5,9-13,15,21H,3,6-8,14H2,1-2H3,(H,23,25)/t15-,21-/m1/s1. The van der Waals surface area contributed by atoms with Gasteiger partial charge in [0, 0.05) is 0 Å². The molecule has 6 nitrogen and oxygen atoms in total. The van der Waals surface area contributed by atoms with Gasteiger partial charge in [-0.05, 0) is 61.9 Å². The average Bonchev–Trinajstić information content (AvgIpc) is 3.20. The number of carbonyl (C=O) groups is 1. The average molecular weight is 415 g/mol. The fourth-order valence-electron chi connectivity index (χ4n) is 4.01. The highest BCUT2D eigenvalue weighted by atomic mass is 32.2. The normalized spacial score (nSPS) is 19.1. The number of nitrogens with one attached hydrogen (secondary N) is 1. The van der Waals surface area contributed by atoms with Crippen molar-refractivity contribution < 1.29 is 17.9 Å². The first-order valence-corrected chi connectivity index (χ1v) is 11.7. The van der Waals surface area contributed by atoms with Crippen LogP contribution in [-0.2, 0) is 27.7 Å². The number of aryl methyl sites for hydroxylation is 2. The van der Waals surface area contributed by atoms with E-state index in [0.29, 0.717) is 11.4 Å². The molecule has 0 fully saturated rings. The minimum absolute atomic E-state index is 0.0318. The van der Waals surface area contributed by atoms with Gasteiger partial charge in [-0.3, -0.25) is 9.10 Å². The molecule has 0 saturated carbocycles. The number of sulfonamides is 1. The molecular weight excluding hydrogens is 388 g/mol. The molecule has 154 valence electrons. The van der Waals surface area contributed by atoms with Gasteiger partial charge >= 0.3 is 0 Å². The Labute approximate surface area is 171 Å². The van der Waals surface area contributed by atoms with E-state index in [1.54, 1.807) is 31.2 Å². The van der Waals surface area contributed by atoms with Gasteiger partial charge in [-0.25, -0.2) is 8.42 Å². The maximum atomic E-state index is 12.9. The second-order valence-corrected chi connectivity index (χ2v) is 9.80. The molecule has 2 aromatic rings. The number of para-hydroxylation sites is 2. The third-order valence-corrected chi connectivity index (χ3v) is 7.46. The number of hydrogen-bond acceptors (Lipinski definition) is 4. The summed E-state index contributed by atoms with van der Waals surface area (Å²) in [5.41, 5.74) is 4.27. The first kappa shape index (κ1) is 19.8. The Hall–Kier alpha value is -2.54. The number of amides is 1. The Morgan fingerprint density at radius 3 is 2.76 bits per heavy atom. The van der Waals surface area contributed by atoms with Crippen molar-refractivity contribution in [1.82, 2.24) is 5.32 Å². The molecule has 2 aliphatic rings. The number of hydrogen-bond donors (Lipinski definition) is 1. The lowest BCUT2D eigenvalue weighted by Gasteiger charge is -2.35. The molecule has 2 aromatic carbocycles. The Bertz CT molecular complexity index is 1030. The predicted octanol–water partition coefficient (Wildman–Crippen LogP) is 2.97. The lowest BCUT2D eigenvalue weighted by atomic mass is 10.0. The Balaban J connectivity index is 1.53. The maximum Gasteiger partial charge on any atom is 0.263 e. The van der Waals surface area contributed by atoms with Gasteiger partial charge in [0.1, 0.15) is 5.75 Å². The van der Waals surface area contributed by atoms with Gasteiger partial charge in [0.05, 0.1) is 24.0 Å². The minimum atomic E-state index is -3.52. The van der Waals surface area contributed by atoms with E-state index in [2.05, 4.69) is 23.5 Å². The van der Waals surface area contributed by atoms with Crippen molar-refractivity contribution in [2.24, 2.45) is 0 Å². The van der Waals surface area contributed by atoms with Crippen LogP contribution in [0.15, 0.2) is 42.5 Å². The third kappa shape index (κ3) is 3.83. The van der Waals surface area contributed by atoms with Crippen molar-refractivity contribution in [3.8, 4) is 5.75 Å². The molecule has 0 saturated heterocycles. The van der Waals surface area contributed by atoms with Crippen molar-refractivity contribution in [3.63, 3.8) is 0 Å². The van der Waals surface area contributed by atoms with Crippen molar-refractivity contribution in [3.05, 3.63) is 59.2 Å². The van der Waals surface area contributed by atoms with Crippen LogP contribution in [0.4, 0.5) is 5.69 Å². The zero-order valence-electron chi connectivity index (χ0n) is 16.7. The smallest absolute Gasteiger partial charge is 0.263 e. The molecule has 1 aliphatic heterocycles. The molecule has 0 aromatic heterocycles. The summed E-state index contributed by atoms with van der Waals surface area (Å²) in [7, 11) is -3.52. The van der Waals surface area contributed by atoms with E-state index < -0.39 is 16.1 Å². The van der Waals surface area contributed by atoms with Gasteiger partial charge < -0.3 is 10.1 Å². The van der Waals surface area contributed by atoms with Crippen molar-refractivity contribution >= 4 is 21.6 Å². The molecule has 1 heterocycles. The molecule has 2 atom stereocenters. The van der Waals surface area contributed by atoms with Crippen molar-refractivity contribution in [2.45, 2.75) is 45.3 Å². The fraction of sp³-hybridized carbons (Fsp3) is 0.409. The highest BCUT2D eigenvalue weighted by molar-refractivity contribution is 7.92. The molecule has 4 rings (SSSR count). The number of anilines is 1. The quantitative estimate of drug-likeness (QED) is 0.816. The zero-order chi connectivity index (χ0) is 20.6. The topological polar surface area (TPSA) is 75.7 Å². The van der Waals surface area contributed by atoms with Crippen LogP contribution < -0.4 is 14.4 Å². The summed E-state index contributed by atoms with van der Waals surface area (Å²) in [4.78, 5) is 12.9. The summed E-state index contributed by atoms with van der Waals surface area (Å²) in [6, 6.07) is 13.1. The van der Waals surface area contributed by atoms with Crippen LogP contribution in [0.1, 0.15) is 43.0 Å². The lowest BCUT2D eigenvalue weighted by molar-refractivity contribution is -0.128. The Kier molecular flexibility index (Phi) is 5.25. The summed E-state index contributed by atoms with van der Waals surface area (Å²) < 4.78 is 32.3. The molecule has 1 aliphatic carbocycles. The van der Waals surface area contributed by atoms with E-state index in [0.717, 1.165) is 18.4 Å². The van der Waals surface area contributed by atoms with Gasteiger partial charge in [0.25, 0.3) is 5.91 Å². The number of carbonyl (C=O) groups excluding carboxylic acids is 1. The van der Waals surface area contributed by atoms with Gasteiger partial charge in [-0.15, -0.1) is 0 Å². The molecule has 0 spiro atoms. The van der Waals surface area contributed by atoms with Crippen LogP contribution in [-0.4, -0.2) is 32.7 Å². The van der Waals surface area contributed by atoms with Gasteiger partial charge in [-0.2, -0.15) is 0 Å². The Morgan fingerprint density at radius 2 is 1.97 bits per heavy atom. The molecule has 1 amide bonds. The number of ether oxygens (including phenoxy) is 1. The van der Waals surface area contributed by atoms with Crippen LogP contribution in [0.2, 0.25) is 0 Å². The molecule has 0 unspecified atom stereocenters. The van der Waals surface area contributed by atoms with E-state index in [1.165, 1.54) is 21.9 Å². The molecule has 1 N–H and O–H groups in total. The van der Waals surface area contributed by atoms with E-state index in [-0.39, 0.29) is 24.2 Å². The fourth-order valence-corrected chi connectivity index (χ4v) is 5.13. The minimum Gasteiger partial charge on any atom is -0.476 e. The summed E-state index contributed by atoms with van der Waals surface area (Å²) >= 11 is 0. The first-order valence-electron chi connectivity index (χ1n) is 10.1. The van der Waals surface area contributed by atoms with E-state index in [4.69, 9.17) is 4.74 Å². The van der Waals surface area contributed by atoms with Gasteiger partial charge in [0.15, 0.2) is 6.10 Å². The summed E-state index contributed by atoms with van der Waals surface area (Å²) in [6.45, 7) is 3.50. The molecule has 29 heavy (non-hydrogen) atoms. The summed E-state index contributed by atoms with van der Waals surface area (Å²) in [5.74, 6) is 0.0474. The van der Waals surface area contributed by atoms with Crippen molar-refractivity contribution in [2.75, 3.05) is 16.6 Å². The highest BCUT2D eigenvalue weighted by Crippen LogP contribution is 2.35. The molecule has 7 heteroatoms. The van der Waals surface area contributed by atoms with Gasteiger partial charge in [0.2, 0.25) is 10.0 Å². The summed E-state index contributed by atoms with van der Waals surface area (Å²) in [6.07, 6.45) is 2.48. The van der Waals surface area contributed by atoms with Crippen LogP contribution in [0.25, 0.3) is 0 Å². The largest absolute Gasteiger partial charge is 0.476 e. The Morgan fingerprint density at radius 1 is 1.21 bits per heavy atom. The molecular formula is C22H26N2O4S. The van der Waals surface area contributed by atoms with E-state index in [9.17, 15) is 13.2 Å². The summed E-state index contributed by atoms with van der Waals surface area (Å²) in [5, 5.41) is 2.99. The second kappa shape index (κ2) is 7.71. The first-order chi connectivity index (χ1) is 13.9. The van der Waals surface area contributed by atoms with E-state index in [1.807, 2.05) is 6.92 Å². The van der Waals surface area contributed by atoms with Crippen LogP contribution >= 0.6 is 0 Å². The lowest BCUT2D eigenvalue weighted by Crippen LogP contribution is -2.51. The van der Waals surface area contributed by atoms with Crippen LogP contribution in [0.5, 0.6) is 5.75 Å².